The second-order valence-electron chi connectivity index (χ2n) is 4.75. The van der Waals surface area contributed by atoms with Crippen LogP contribution in [0.4, 0.5) is 5.69 Å². The zero-order valence-electron chi connectivity index (χ0n) is 11.9. The van der Waals surface area contributed by atoms with Crippen molar-refractivity contribution in [2.24, 2.45) is 5.73 Å². The van der Waals surface area contributed by atoms with Crippen LogP contribution in [0.1, 0.15) is 23.9 Å². The molecule has 0 aliphatic carbocycles. The van der Waals surface area contributed by atoms with Gasteiger partial charge in [-0.15, -0.1) is 0 Å². The van der Waals surface area contributed by atoms with E-state index in [0.717, 1.165) is 35.7 Å². The molecule has 0 saturated carbocycles. The molecule has 0 fully saturated rings. The number of hydrogen-bond acceptors (Lipinski definition) is 3. The van der Waals surface area contributed by atoms with Crippen molar-refractivity contribution >= 4 is 11.5 Å². The Morgan fingerprint density at radius 2 is 1.90 bits per heavy atom. The number of hydrogen-bond donors (Lipinski definition) is 2. The highest BCUT2D eigenvalue weighted by molar-refractivity contribution is 5.95. The molecule has 4 heteroatoms. The lowest BCUT2D eigenvalue weighted by atomic mass is 10.1. The minimum absolute atomic E-state index is 0.0972. The van der Waals surface area contributed by atoms with Gasteiger partial charge in [0.1, 0.15) is 5.84 Å². The van der Waals surface area contributed by atoms with Gasteiger partial charge in [-0.2, -0.15) is 0 Å². The van der Waals surface area contributed by atoms with E-state index >= 15 is 0 Å². The number of anilines is 1. The molecule has 2 rings (SSSR count). The molecule has 0 saturated heterocycles. The van der Waals surface area contributed by atoms with Gasteiger partial charge >= 0.3 is 0 Å². The Bertz CT molecular complexity index is 590. The molecular weight excluding hydrogens is 248 g/mol. The van der Waals surface area contributed by atoms with Crippen LogP contribution in [-0.4, -0.2) is 17.4 Å². The van der Waals surface area contributed by atoms with Gasteiger partial charge in [-0.1, -0.05) is 6.07 Å². The first-order chi connectivity index (χ1) is 9.60. The monoisotopic (exact) mass is 268 g/mol. The van der Waals surface area contributed by atoms with Crippen LogP contribution in [0.25, 0.3) is 0 Å². The number of pyridine rings is 1. The number of nitrogens with two attached hydrogens (primary N) is 1. The average Bonchev–Trinajstić information content (AvgIpc) is 2.45. The third-order valence-corrected chi connectivity index (χ3v) is 3.22. The van der Waals surface area contributed by atoms with Gasteiger partial charge in [-0.05, 0) is 50.2 Å². The van der Waals surface area contributed by atoms with Gasteiger partial charge in [-0.25, -0.2) is 0 Å². The van der Waals surface area contributed by atoms with Crippen LogP contribution in [0.3, 0.4) is 0 Å². The van der Waals surface area contributed by atoms with Crippen molar-refractivity contribution in [1.29, 1.82) is 5.41 Å². The summed E-state index contributed by atoms with van der Waals surface area (Å²) in [5.41, 5.74) is 9.42. The van der Waals surface area contributed by atoms with E-state index in [-0.39, 0.29) is 5.84 Å². The number of aromatic nitrogens is 1. The summed E-state index contributed by atoms with van der Waals surface area (Å²) >= 11 is 0. The predicted molar refractivity (Wildman–Crippen MR) is 83.2 cm³/mol. The van der Waals surface area contributed by atoms with E-state index in [1.807, 2.05) is 49.4 Å². The third kappa shape index (κ3) is 3.35. The van der Waals surface area contributed by atoms with E-state index in [4.69, 9.17) is 11.1 Å². The molecule has 2 aromatic rings. The minimum atomic E-state index is 0.0972. The van der Waals surface area contributed by atoms with Gasteiger partial charge in [-0.3, -0.25) is 10.4 Å². The molecule has 0 radical (unpaired) electrons. The molecular formula is C16H20N4. The van der Waals surface area contributed by atoms with Crippen LogP contribution in [-0.2, 0) is 6.54 Å². The fourth-order valence-electron chi connectivity index (χ4n) is 2.12. The van der Waals surface area contributed by atoms with Gasteiger partial charge in [0.2, 0.25) is 0 Å². The summed E-state index contributed by atoms with van der Waals surface area (Å²) in [5.74, 6) is 0.0972. The molecule has 0 atom stereocenters. The van der Waals surface area contributed by atoms with E-state index in [9.17, 15) is 0 Å². The zero-order chi connectivity index (χ0) is 14.5. The number of amidine groups is 1. The number of aryl methyl sites for hydroxylation is 1. The smallest absolute Gasteiger partial charge is 0.122 e. The van der Waals surface area contributed by atoms with Gasteiger partial charge in [0, 0.05) is 23.5 Å². The van der Waals surface area contributed by atoms with E-state index in [0.29, 0.717) is 0 Å². The highest BCUT2D eigenvalue weighted by atomic mass is 15.1. The molecule has 0 bridgehead atoms. The number of rotatable bonds is 5. The number of benzene rings is 1. The highest BCUT2D eigenvalue weighted by Gasteiger charge is 2.07. The van der Waals surface area contributed by atoms with Crippen LogP contribution in [0.2, 0.25) is 0 Å². The molecule has 3 N–H and O–H groups in total. The molecule has 0 unspecified atom stereocenters. The molecule has 104 valence electrons. The van der Waals surface area contributed by atoms with Crippen LogP contribution < -0.4 is 10.6 Å². The summed E-state index contributed by atoms with van der Waals surface area (Å²) in [6.07, 6.45) is 0. The Labute approximate surface area is 119 Å². The SMILES string of the molecule is CCN(Cc1cccc(C)n1)c1ccc(C(=N)N)cc1. The second-order valence-corrected chi connectivity index (χ2v) is 4.75. The number of nitrogens with zero attached hydrogens (tertiary/aromatic N) is 2. The number of nitrogen functional groups attached to an aromatic ring is 1. The maximum Gasteiger partial charge on any atom is 0.122 e. The van der Waals surface area contributed by atoms with Crippen molar-refractivity contribution < 1.29 is 0 Å². The van der Waals surface area contributed by atoms with E-state index in [2.05, 4.69) is 16.8 Å². The highest BCUT2D eigenvalue weighted by Crippen LogP contribution is 2.17. The molecule has 0 spiro atoms. The molecule has 0 amide bonds. The Balaban J connectivity index is 2.17. The van der Waals surface area contributed by atoms with Gasteiger partial charge in [0.05, 0.1) is 12.2 Å². The Morgan fingerprint density at radius 3 is 2.45 bits per heavy atom. The lowest BCUT2D eigenvalue weighted by molar-refractivity contribution is 0.806. The van der Waals surface area contributed by atoms with Crippen LogP contribution in [0.15, 0.2) is 42.5 Å². The topological polar surface area (TPSA) is 66.0 Å². The summed E-state index contributed by atoms with van der Waals surface area (Å²) in [4.78, 5) is 6.78. The summed E-state index contributed by atoms with van der Waals surface area (Å²) < 4.78 is 0. The molecule has 1 heterocycles. The maximum absolute atomic E-state index is 7.42. The summed E-state index contributed by atoms with van der Waals surface area (Å²) in [7, 11) is 0. The third-order valence-electron chi connectivity index (χ3n) is 3.22. The van der Waals surface area contributed by atoms with E-state index in [1.165, 1.54) is 0 Å². The Kier molecular flexibility index (Phi) is 4.35. The van der Waals surface area contributed by atoms with Crippen molar-refractivity contribution in [3.63, 3.8) is 0 Å². The fraction of sp³-hybridized carbons (Fsp3) is 0.250. The molecule has 1 aromatic carbocycles. The minimum Gasteiger partial charge on any atom is -0.384 e. The van der Waals surface area contributed by atoms with Gasteiger partial charge in [0.25, 0.3) is 0 Å². The van der Waals surface area contributed by atoms with E-state index in [1.54, 1.807) is 0 Å². The molecule has 0 aliphatic rings. The normalized spacial score (nSPS) is 10.3. The summed E-state index contributed by atoms with van der Waals surface area (Å²) in [6.45, 7) is 5.79. The molecule has 4 nitrogen and oxygen atoms in total. The first-order valence-electron chi connectivity index (χ1n) is 6.72. The van der Waals surface area contributed by atoms with Crippen LogP contribution in [0, 0.1) is 12.3 Å². The fourth-order valence-corrected chi connectivity index (χ4v) is 2.12. The predicted octanol–water partition coefficient (Wildman–Crippen LogP) is 2.70. The van der Waals surface area contributed by atoms with Crippen LogP contribution in [0.5, 0.6) is 0 Å². The Morgan fingerprint density at radius 1 is 1.20 bits per heavy atom. The molecule has 0 aliphatic heterocycles. The lowest BCUT2D eigenvalue weighted by Crippen LogP contribution is -2.23. The number of nitrogens with one attached hydrogen (secondary N) is 1. The van der Waals surface area contributed by atoms with Crippen molar-refractivity contribution in [1.82, 2.24) is 4.98 Å². The van der Waals surface area contributed by atoms with Crippen LogP contribution >= 0.6 is 0 Å². The lowest BCUT2D eigenvalue weighted by Gasteiger charge is -2.23. The largest absolute Gasteiger partial charge is 0.384 e. The Hall–Kier alpha value is -2.36. The van der Waals surface area contributed by atoms with E-state index < -0.39 is 0 Å². The quantitative estimate of drug-likeness (QED) is 0.647. The molecule has 20 heavy (non-hydrogen) atoms. The summed E-state index contributed by atoms with van der Waals surface area (Å²) in [5, 5.41) is 7.42. The van der Waals surface area contributed by atoms with Gasteiger partial charge < -0.3 is 10.6 Å². The first kappa shape index (κ1) is 14.1. The second kappa shape index (κ2) is 6.19. The van der Waals surface area contributed by atoms with Crippen molar-refractivity contribution in [3.8, 4) is 0 Å². The van der Waals surface area contributed by atoms with Crippen molar-refractivity contribution in [2.75, 3.05) is 11.4 Å². The standard InChI is InChI=1S/C16H20N4/c1-3-20(11-14-6-4-5-12(2)19-14)15-9-7-13(8-10-15)16(17)18/h4-10H,3,11H2,1-2H3,(H3,17,18). The summed E-state index contributed by atoms with van der Waals surface area (Å²) in [6, 6.07) is 13.8. The molecule has 1 aromatic heterocycles. The van der Waals surface area contributed by atoms with Gasteiger partial charge in [0.15, 0.2) is 0 Å². The first-order valence-corrected chi connectivity index (χ1v) is 6.72. The zero-order valence-corrected chi connectivity index (χ0v) is 11.9. The average molecular weight is 268 g/mol. The maximum atomic E-state index is 7.42. The van der Waals surface area contributed by atoms with Crippen molar-refractivity contribution in [3.05, 3.63) is 59.4 Å². The van der Waals surface area contributed by atoms with Crippen molar-refractivity contribution in [2.45, 2.75) is 20.4 Å².